The number of halogens is 2. The Kier molecular flexibility index (Phi) is 7.26. The molecule has 1 aliphatic heterocycles. The fourth-order valence-corrected chi connectivity index (χ4v) is 3.49. The van der Waals surface area contributed by atoms with Crippen molar-refractivity contribution in [1.29, 1.82) is 0 Å². The van der Waals surface area contributed by atoms with Gasteiger partial charge in [-0.15, -0.1) is 0 Å². The van der Waals surface area contributed by atoms with Crippen LogP contribution < -0.4 is 25.4 Å². The van der Waals surface area contributed by atoms with E-state index < -0.39 is 11.8 Å². The van der Waals surface area contributed by atoms with Crippen molar-refractivity contribution in [2.75, 3.05) is 19.0 Å². The molecule has 0 aliphatic carbocycles. The predicted octanol–water partition coefficient (Wildman–Crippen LogP) is 3.04. The van der Waals surface area contributed by atoms with E-state index in [0.717, 1.165) is 0 Å². The molecule has 8 nitrogen and oxygen atoms in total. The molecular formula is C20H15BrClN3O5S. The average molecular weight is 525 g/mol. The standard InChI is InChI=1S/C20H15BrClN3O5S/c1-29-15-8-10(6-13-18(27)24-20(31)25-19(13)28)7-14(21)17(15)30-9-16(26)23-12-4-2-11(22)3-5-12/h2-8H,9H2,1H3,(H,23,26)(H2,24,25,27,28,31). The van der Waals surface area contributed by atoms with Crippen LogP contribution >= 0.6 is 39.7 Å². The van der Waals surface area contributed by atoms with E-state index in [2.05, 4.69) is 31.9 Å². The molecule has 0 unspecified atom stereocenters. The van der Waals surface area contributed by atoms with Gasteiger partial charge in [-0.2, -0.15) is 0 Å². The van der Waals surface area contributed by atoms with Gasteiger partial charge in [-0.05, 0) is 76.2 Å². The van der Waals surface area contributed by atoms with E-state index in [1.807, 2.05) is 0 Å². The third-order valence-corrected chi connectivity index (χ3v) is 5.03. The van der Waals surface area contributed by atoms with Crippen LogP contribution in [0.4, 0.5) is 5.69 Å². The molecule has 160 valence electrons. The Bertz CT molecular complexity index is 1080. The fraction of sp³-hybridized carbons (Fsp3) is 0.100. The highest BCUT2D eigenvalue weighted by atomic mass is 79.9. The molecule has 3 N–H and O–H groups in total. The van der Waals surface area contributed by atoms with Gasteiger partial charge < -0.3 is 14.8 Å². The number of methoxy groups -OCH3 is 1. The molecule has 2 aromatic carbocycles. The van der Waals surface area contributed by atoms with Gasteiger partial charge in [0.15, 0.2) is 23.2 Å². The summed E-state index contributed by atoms with van der Waals surface area (Å²) in [6, 6.07) is 9.84. The van der Waals surface area contributed by atoms with Gasteiger partial charge in [-0.3, -0.25) is 25.0 Å². The van der Waals surface area contributed by atoms with Crippen molar-refractivity contribution in [1.82, 2.24) is 10.6 Å². The number of carbonyl (C=O) groups is 3. The number of anilines is 1. The van der Waals surface area contributed by atoms with Crippen LogP contribution in [-0.4, -0.2) is 36.6 Å². The van der Waals surface area contributed by atoms with Gasteiger partial charge in [-0.1, -0.05) is 11.6 Å². The molecule has 1 saturated heterocycles. The molecule has 1 aliphatic rings. The van der Waals surface area contributed by atoms with Crippen molar-refractivity contribution in [3.63, 3.8) is 0 Å². The lowest BCUT2D eigenvalue weighted by atomic mass is 10.1. The van der Waals surface area contributed by atoms with Crippen molar-refractivity contribution < 1.29 is 23.9 Å². The second kappa shape index (κ2) is 9.90. The van der Waals surface area contributed by atoms with Crippen molar-refractivity contribution in [3.8, 4) is 11.5 Å². The highest BCUT2D eigenvalue weighted by Gasteiger charge is 2.26. The molecule has 2 aromatic rings. The third kappa shape index (κ3) is 5.81. The second-order valence-corrected chi connectivity index (χ2v) is 7.87. The van der Waals surface area contributed by atoms with Crippen LogP contribution in [0.3, 0.4) is 0 Å². The minimum Gasteiger partial charge on any atom is -0.493 e. The van der Waals surface area contributed by atoms with Crippen LogP contribution in [0.25, 0.3) is 6.08 Å². The number of ether oxygens (including phenoxy) is 2. The van der Waals surface area contributed by atoms with E-state index in [-0.39, 0.29) is 28.9 Å². The summed E-state index contributed by atoms with van der Waals surface area (Å²) in [6.45, 7) is -0.278. The second-order valence-electron chi connectivity index (χ2n) is 6.17. The third-order valence-electron chi connectivity index (χ3n) is 3.98. The van der Waals surface area contributed by atoms with Crippen molar-refractivity contribution in [2.24, 2.45) is 0 Å². The first-order chi connectivity index (χ1) is 14.8. The maximum atomic E-state index is 12.2. The van der Waals surface area contributed by atoms with Crippen LogP contribution in [0.2, 0.25) is 5.02 Å². The van der Waals surface area contributed by atoms with Crippen molar-refractivity contribution in [3.05, 3.63) is 57.0 Å². The molecule has 0 saturated carbocycles. The summed E-state index contributed by atoms with van der Waals surface area (Å²) < 4.78 is 11.4. The van der Waals surface area contributed by atoms with E-state index in [0.29, 0.717) is 26.5 Å². The zero-order chi connectivity index (χ0) is 22.5. The molecule has 3 rings (SSSR count). The zero-order valence-electron chi connectivity index (χ0n) is 16.0. The van der Waals surface area contributed by atoms with Crippen LogP contribution in [0.5, 0.6) is 11.5 Å². The Morgan fingerprint density at radius 2 is 1.84 bits per heavy atom. The largest absolute Gasteiger partial charge is 0.493 e. The number of benzene rings is 2. The minimum atomic E-state index is -0.608. The molecule has 0 bridgehead atoms. The van der Waals surface area contributed by atoms with Gasteiger partial charge in [0.25, 0.3) is 17.7 Å². The van der Waals surface area contributed by atoms with E-state index >= 15 is 0 Å². The quantitative estimate of drug-likeness (QED) is 0.305. The van der Waals surface area contributed by atoms with E-state index in [1.165, 1.54) is 13.2 Å². The van der Waals surface area contributed by atoms with Gasteiger partial charge >= 0.3 is 0 Å². The minimum absolute atomic E-state index is 0.0495. The van der Waals surface area contributed by atoms with Gasteiger partial charge in [0.05, 0.1) is 11.6 Å². The fourth-order valence-electron chi connectivity index (χ4n) is 2.60. The molecule has 1 fully saturated rings. The van der Waals surface area contributed by atoms with Crippen LogP contribution in [0.15, 0.2) is 46.4 Å². The summed E-state index contributed by atoms with van der Waals surface area (Å²) in [7, 11) is 1.43. The van der Waals surface area contributed by atoms with Crippen molar-refractivity contribution >= 4 is 74.3 Å². The van der Waals surface area contributed by atoms with E-state index in [4.69, 9.17) is 33.3 Å². The normalized spacial score (nSPS) is 13.3. The molecular weight excluding hydrogens is 510 g/mol. The van der Waals surface area contributed by atoms with Crippen LogP contribution in [0, 0.1) is 0 Å². The van der Waals surface area contributed by atoms with Gasteiger partial charge in [0, 0.05) is 10.7 Å². The maximum absolute atomic E-state index is 12.2. The Balaban J connectivity index is 1.75. The van der Waals surface area contributed by atoms with E-state index in [1.54, 1.807) is 36.4 Å². The lowest BCUT2D eigenvalue weighted by Crippen LogP contribution is -2.51. The first kappa shape index (κ1) is 22.7. The number of amides is 3. The SMILES string of the molecule is COc1cc(C=C2C(=O)NC(=S)NC2=O)cc(Br)c1OCC(=O)Nc1ccc(Cl)cc1. The van der Waals surface area contributed by atoms with Gasteiger partial charge in [0.2, 0.25) is 0 Å². The molecule has 11 heteroatoms. The number of nitrogens with one attached hydrogen (secondary N) is 3. The number of hydrogen-bond donors (Lipinski definition) is 3. The summed E-state index contributed by atoms with van der Waals surface area (Å²) >= 11 is 14.0. The van der Waals surface area contributed by atoms with Crippen LogP contribution in [0.1, 0.15) is 5.56 Å². The van der Waals surface area contributed by atoms with Gasteiger partial charge in [-0.25, -0.2) is 0 Å². The molecule has 0 atom stereocenters. The molecule has 0 radical (unpaired) electrons. The highest BCUT2D eigenvalue weighted by molar-refractivity contribution is 9.10. The highest BCUT2D eigenvalue weighted by Crippen LogP contribution is 2.37. The zero-order valence-corrected chi connectivity index (χ0v) is 19.1. The van der Waals surface area contributed by atoms with E-state index in [9.17, 15) is 14.4 Å². The van der Waals surface area contributed by atoms with Crippen LogP contribution in [-0.2, 0) is 14.4 Å². The summed E-state index contributed by atoms with van der Waals surface area (Å²) in [5.74, 6) is -1.01. The van der Waals surface area contributed by atoms with Crippen molar-refractivity contribution in [2.45, 2.75) is 0 Å². The Morgan fingerprint density at radius 1 is 1.19 bits per heavy atom. The molecule has 3 amide bonds. The Labute approximate surface area is 196 Å². The first-order valence-corrected chi connectivity index (χ1v) is 10.3. The summed E-state index contributed by atoms with van der Waals surface area (Å²) in [5, 5.41) is 7.92. The molecule has 31 heavy (non-hydrogen) atoms. The smallest absolute Gasteiger partial charge is 0.263 e. The summed E-state index contributed by atoms with van der Waals surface area (Å²) in [4.78, 5) is 36.2. The lowest BCUT2D eigenvalue weighted by molar-refractivity contribution is -0.123. The lowest BCUT2D eigenvalue weighted by Gasteiger charge is -2.17. The Morgan fingerprint density at radius 3 is 2.45 bits per heavy atom. The average Bonchev–Trinajstić information content (AvgIpc) is 2.71. The molecule has 0 aromatic heterocycles. The topological polar surface area (TPSA) is 106 Å². The van der Waals surface area contributed by atoms with Gasteiger partial charge in [0.1, 0.15) is 5.57 Å². The maximum Gasteiger partial charge on any atom is 0.263 e. The monoisotopic (exact) mass is 523 g/mol. The Hall–Kier alpha value is -2.95. The molecule has 0 spiro atoms. The predicted molar refractivity (Wildman–Crippen MR) is 123 cm³/mol. The number of thiocarbonyl (C=S) groups is 1. The number of hydrogen-bond acceptors (Lipinski definition) is 6. The number of carbonyl (C=O) groups excluding carboxylic acids is 3. The number of rotatable bonds is 6. The summed E-state index contributed by atoms with van der Waals surface area (Å²) in [5.41, 5.74) is 0.961. The molecule has 1 heterocycles. The summed E-state index contributed by atoms with van der Waals surface area (Å²) in [6.07, 6.45) is 1.39. The first-order valence-electron chi connectivity index (χ1n) is 8.71.